The summed E-state index contributed by atoms with van der Waals surface area (Å²) in [5.74, 6) is 1.02. The van der Waals surface area contributed by atoms with Crippen LogP contribution in [0.2, 0.25) is 0 Å². The first kappa shape index (κ1) is 14.2. The van der Waals surface area contributed by atoms with Gasteiger partial charge in [-0.15, -0.1) is 0 Å². The largest absolute Gasteiger partial charge is 0.330 e. The molecule has 19 heavy (non-hydrogen) atoms. The van der Waals surface area contributed by atoms with Crippen LogP contribution in [0.5, 0.6) is 0 Å². The lowest BCUT2D eigenvalue weighted by Crippen LogP contribution is -2.35. The molecule has 0 amide bonds. The Kier molecular flexibility index (Phi) is 4.69. The van der Waals surface area contributed by atoms with Gasteiger partial charge in [-0.25, -0.2) is 9.67 Å². The van der Waals surface area contributed by atoms with Gasteiger partial charge in [-0.2, -0.15) is 5.10 Å². The second-order valence-electron chi connectivity index (χ2n) is 5.65. The van der Waals surface area contributed by atoms with E-state index in [1.807, 2.05) is 6.92 Å². The fraction of sp³-hybridized carbons (Fsp3) is 0.786. The quantitative estimate of drug-likeness (QED) is 0.848. The second kappa shape index (κ2) is 6.28. The SMILES string of the molecule is CCn1ncnc1CC(=O)CC1(CN)CCCCC1. The highest BCUT2D eigenvalue weighted by Gasteiger charge is 2.33. The second-order valence-corrected chi connectivity index (χ2v) is 5.65. The standard InChI is InChI=1S/C14H24N4O/c1-2-18-13(16-11-17-18)8-12(19)9-14(10-15)6-4-3-5-7-14/h11H,2-10,15H2,1H3. The predicted molar refractivity (Wildman–Crippen MR) is 73.6 cm³/mol. The minimum atomic E-state index is 0.0480. The molecule has 0 radical (unpaired) electrons. The van der Waals surface area contributed by atoms with E-state index >= 15 is 0 Å². The summed E-state index contributed by atoms with van der Waals surface area (Å²) in [7, 11) is 0. The van der Waals surface area contributed by atoms with Crippen LogP contribution in [-0.4, -0.2) is 27.1 Å². The molecule has 106 valence electrons. The van der Waals surface area contributed by atoms with Gasteiger partial charge in [-0.3, -0.25) is 4.79 Å². The van der Waals surface area contributed by atoms with Gasteiger partial charge in [0, 0.05) is 13.0 Å². The minimum absolute atomic E-state index is 0.0480. The van der Waals surface area contributed by atoms with Gasteiger partial charge in [0.25, 0.3) is 0 Å². The van der Waals surface area contributed by atoms with Crippen LogP contribution in [0.4, 0.5) is 0 Å². The Labute approximate surface area is 114 Å². The van der Waals surface area contributed by atoms with Crippen molar-refractivity contribution in [2.75, 3.05) is 6.54 Å². The van der Waals surface area contributed by atoms with E-state index < -0.39 is 0 Å². The number of nitrogens with zero attached hydrogens (tertiary/aromatic N) is 3. The van der Waals surface area contributed by atoms with Crippen molar-refractivity contribution < 1.29 is 4.79 Å². The summed E-state index contributed by atoms with van der Waals surface area (Å²) in [5, 5.41) is 4.10. The average Bonchev–Trinajstić information content (AvgIpc) is 2.86. The van der Waals surface area contributed by atoms with Crippen LogP contribution in [0.15, 0.2) is 6.33 Å². The first-order valence-corrected chi connectivity index (χ1v) is 7.27. The van der Waals surface area contributed by atoms with Crippen LogP contribution >= 0.6 is 0 Å². The maximum atomic E-state index is 12.3. The predicted octanol–water partition coefficient (Wildman–Crippen LogP) is 1.71. The van der Waals surface area contributed by atoms with E-state index in [0.29, 0.717) is 19.4 Å². The van der Waals surface area contributed by atoms with E-state index in [-0.39, 0.29) is 11.2 Å². The fourth-order valence-electron chi connectivity index (χ4n) is 3.10. The number of ketones is 1. The molecule has 5 nitrogen and oxygen atoms in total. The van der Waals surface area contributed by atoms with E-state index in [2.05, 4.69) is 10.1 Å². The van der Waals surface area contributed by atoms with E-state index in [9.17, 15) is 4.79 Å². The molecule has 0 atom stereocenters. The molecular formula is C14H24N4O. The molecule has 0 bridgehead atoms. The maximum absolute atomic E-state index is 12.3. The summed E-state index contributed by atoms with van der Waals surface area (Å²) in [6.45, 7) is 3.38. The molecule has 1 aromatic rings. The molecule has 0 saturated heterocycles. The van der Waals surface area contributed by atoms with E-state index in [4.69, 9.17) is 5.73 Å². The number of aromatic nitrogens is 3. The van der Waals surface area contributed by atoms with Gasteiger partial charge in [-0.05, 0) is 31.7 Å². The number of Topliss-reactive ketones (excluding diaryl/α,β-unsaturated/α-hetero) is 1. The topological polar surface area (TPSA) is 73.8 Å². The molecule has 0 aromatic carbocycles. The molecule has 1 aliphatic rings. The highest BCUT2D eigenvalue weighted by Crippen LogP contribution is 2.38. The lowest BCUT2D eigenvalue weighted by molar-refractivity contribution is -0.121. The molecule has 0 unspecified atom stereocenters. The number of aryl methyl sites for hydroxylation is 1. The number of rotatable bonds is 6. The van der Waals surface area contributed by atoms with Crippen molar-refractivity contribution in [1.82, 2.24) is 14.8 Å². The minimum Gasteiger partial charge on any atom is -0.330 e. The summed E-state index contributed by atoms with van der Waals surface area (Å²) < 4.78 is 1.79. The van der Waals surface area contributed by atoms with Crippen LogP contribution in [0.1, 0.15) is 51.3 Å². The average molecular weight is 264 g/mol. The first-order chi connectivity index (χ1) is 9.19. The lowest BCUT2D eigenvalue weighted by atomic mass is 9.71. The number of carbonyl (C=O) groups excluding carboxylic acids is 1. The molecule has 2 rings (SSSR count). The van der Waals surface area contributed by atoms with E-state index in [0.717, 1.165) is 25.2 Å². The molecule has 5 heteroatoms. The van der Waals surface area contributed by atoms with Crippen LogP contribution in [0.25, 0.3) is 0 Å². The molecular weight excluding hydrogens is 240 g/mol. The van der Waals surface area contributed by atoms with Gasteiger partial charge in [0.2, 0.25) is 0 Å². The van der Waals surface area contributed by atoms with Crippen molar-refractivity contribution in [3.63, 3.8) is 0 Å². The van der Waals surface area contributed by atoms with Crippen molar-refractivity contribution in [2.24, 2.45) is 11.1 Å². The summed E-state index contributed by atoms with van der Waals surface area (Å²) in [5.41, 5.74) is 5.98. The molecule has 1 heterocycles. The third kappa shape index (κ3) is 3.41. The van der Waals surface area contributed by atoms with Gasteiger partial charge in [0.05, 0.1) is 6.42 Å². The van der Waals surface area contributed by atoms with Crippen LogP contribution in [0.3, 0.4) is 0 Å². The highest BCUT2D eigenvalue weighted by molar-refractivity contribution is 5.80. The smallest absolute Gasteiger partial charge is 0.141 e. The summed E-state index contributed by atoms with van der Waals surface area (Å²) >= 11 is 0. The monoisotopic (exact) mass is 264 g/mol. The van der Waals surface area contributed by atoms with Gasteiger partial charge in [0.15, 0.2) is 0 Å². The van der Waals surface area contributed by atoms with Crippen LogP contribution in [0, 0.1) is 5.41 Å². The number of hydrogen-bond acceptors (Lipinski definition) is 4. The Morgan fingerprint density at radius 2 is 2.16 bits per heavy atom. The lowest BCUT2D eigenvalue weighted by Gasteiger charge is -2.35. The number of nitrogens with two attached hydrogens (primary N) is 1. The Hall–Kier alpha value is -1.23. The molecule has 1 saturated carbocycles. The summed E-state index contributed by atoms with van der Waals surface area (Å²) in [4.78, 5) is 16.4. The third-order valence-electron chi connectivity index (χ3n) is 4.27. The van der Waals surface area contributed by atoms with Crippen molar-refractivity contribution >= 4 is 5.78 Å². The third-order valence-corrected chi connectivity index (χ3v) is 4.27. The normalized spacial score (nSPS) is 18.4. The van der Waals surface area contributed by atoms with Crippen molar-refractivity contribution in [3.8, 4) is 0 Å². The first-order valence-electron chi connectivity index (χ1n) is 7.27. The molecule has 0 aliphatic heterocycles. The molecule has 0 spiro atoms. The van der Waals surface area contributed by atoms with Crippen molar-refractivity contribution in [2.45, 2.75) is 58.4 Å². The molecule has 1 fully saturated rings. The Morgan fingerprint density at radius 1 is 1.42 bits per heavy atom. The zero-order chi connectivity index (χ0) is 13.7. The van der Waals surface area contributed by atoms with E-state index in [1.54, 1.807) is 4.68 Å². The Balaban J connectivity index is 1.96. The van der Waals surface area contributed by atoms with Crippen molar-refractivity contribution in [3.05, 3.63) is 12.2 Å². The highest BCUT2D eigenvalue weighted by atomic mass is 16.1. The molecule has 1 aromatic heterocycles. The Morgan fingerprint density at radius 3 is 2.79 bits per heavy atom. The number of hydrogen-bond donors (Lipinski definition) is 1. The Bertz CT molecular complexity index is 421. The summed E-state index contributed by atoms with van der Waals surface area (Å²) in [6, 6.07) is 0. The van der Waals surface area contributed by atoms with Crippen molar-refractivity contribution in [1.29, 1.82) is 0 Å². The van der Waals surface area contributed by atoms with Gasteiger partial charge in [0.1, 0.15) is 17.9 Å². The van der Waals surface area contributed by atoms with Crippen LogP contribution in [-0.2, 0) is 17.8 Å². The summed E-state index contributed by atoms with van der Waals surface area (Å²) in [6.07, 6.45) is 8.37. The van der Waals surface area contributed by atoms with Gasteiger partial charge < -0.3 is 5.73 Å². The molecule has 2 N–H and O–H groups in total. The zero-order valence-corrected chi connectivity index (χ0v) is 11.8. The van der Waals surface area contributed by atoms with Gasteiger partial charge >= 0.3 is 0 Å². The van der Waals surface area contributed by atoms with Gasteiger partial charge in [-0.1, -0.05) is 19.3 Å². The van der Waals surface area contributed by atoms with Crippen LogP contribution < -0.4 is 5.73 Å². The maximum Gasteiger partial charge on any atom is 0.141 e. The van der Waals surface area contributed by atoms with E-state index in [1.165, 1.54) is 25.6 Å². The number of carbonyl (C=O) groups is 1. The zero-order valence-electron chi connectivity index (χ0n) is 11.8. The fourth-order valence-corrected chi connectivity index (χ4v) is 3.10. The molecule has 1 aliphatic carbocycles.